The van der Waals surface area contributed by atoms with Gasteiger partial charge in [0.25, 0.3) is 17.0 Å². The number of halogens is 2. The number of carbonyl (C=O) groups excluding carboxylic acids is 1. The summed E-state index contributed by atoms with van der Waals surface area (Å²) in [6.07, 6.45) is 6.52. The van der Waals surface area contributed by atoms with Crippen LogP contribution in [0, 0.1) is 0 Å². The van der Waals surface area contributed by atoms with Gasteiger partial charge in [-0.2, -0.15) is 0 Å². The number of nitrogen functional groups attached to an aromatic ring is 1. The molecule has 48 heavy (non-hydrogen) atoms. The number of fused-ring (bicyclic) bond motifs is 3. The van der Waals surface area contributed by atoms with Crippen molar-refractivity contribution in [1.82, 2.24) is 29.0 Å². The summed E-state index contributed by atoms with van der Waals surface area (Å²) in [5, 5.41) is 10.3. The van der Waals surface area contributed by atoms with E-state index in [1.165, 1.54) is 4.52 Å². The Kier molecular flexibility index (Phi) is 10.1. The summed E-state index contributed by atoms with van der Waals surface area (Å²) in [7, 11) is 0. The number of aromatic nitrogens is 5. The number of anilines is 1. The van der Waals surface area contributed by atoms with Gasteiger partial charge in [-0.1, -0.05) is 59.6 Å². The molecule has 4 aromatic heterocycles. The molecule has 13 heteroatoms. The van der Waals surface area contributed by atoms with Crippen LogP contribution in [0.25, 0.3) is 27.2 Å². The van der Waals surface area contributed by atoms with Crippen LogP contribution in [0.4, 0.5) is 5.82 Å². The fourth-order valence-electron chi connectivity index (χ4n) is 5.59. The number of rotatable bonds is 8. The number of nitrogens with two attached hydrogens (primary N) is 2. The molecule has 0 saturated carbocycles. The highest BCUT2D eigenvalue weighted by Crippen LogP contribution is 2.25. The van der Waals surface area contributed by atoms with Crippen LogP contribution < -0.4 is 27.9 Å². The molecule has 0 aliphatic carbocycles. The Hall–Kier alpha value is -5.23. The Bertz CT molecular complexity index is 2320. The van der Waals surface area contributed by atoms with E-state index in [-0.39, 0.29) is 35.1 Å². The molecule has 2 atom stereocenters. The number of pyridine rings is 2. The molecule has 0 spiro atoms. The van der Waals surface area contributed by atoms with Crippen molar-refractivity contribution in [3.05, 3.63) is 140 Å². The zero-order chi connectivity index (χ0) is 34.7. The molecule has 0 saturated heterocycles. The van der Waals surface area contributed by atoms with Crippen LogP contribution in [0.1, 0.15) is 47.7 Å². The molecule has 6 aromatic rings. The number of hydrogen-bond acceptors (Lipinski definition) is 7. The Balaban J connectivity index is 0.000000214. The second kappa shape index (κ2) is 14.3. The second-order valence-corrected chi connectivity index (χ2v) is 11.9. The molecule has 5 N–H and O–H groups in total. The van der Waals surface area contributed by atoms with E-state index in [1.54, 1.807) is 64.9 Å². The molecule has 4 heterocycles. The van der Waals surface area contributed by atoms with Gasteiger partial charge in [0.15, 0.2) is 11.5 Å². The zero-order valence-corrected chi connectivity index (χ0v) is 27.9. The maximum atomic E-state index is 13.1. The van der Waals surface area contributed by atoms with E-state index in [0.717, 1.165) is 11.1 Å². The lowest BCUT2D eigenvalue weighted by Crippen LogP contribution is -2.33. The van der Waals surface area contributed by atoms with Crippen molar-refractivity contribution in [3.63, 3.8) is 0 Å². The number of benzene rings is 2. The van der Waals surface area contributed by atoms with Gasteiger partial charge in [0.05, 0.1) is 26.9 Å². The Labute approximate surface area is 285 Å². The third-order valence-electron chi connectivity index (χ3n) is 7.77. The van der Waals surface area contributed by atoms with Gasteiger partial charge in [0.2, 0.25) is 0 Å². The van der Waals surface area contributed by atoms with Crippen molar-refractivity contribution < 1.29 is 4.79 Å². The zero-order valence-electron chi connectivity index (χ0n) is 26.4. The minimum absolute atomic E-state index is 0.0761. The molecule has 246 valence electrons. The first-order valence-electron chi connectivity index (χ1n) is 15.0. The van der Waals surface area contributed by atoms with Gasteiger partial charge in [0.1, 0.15) is 5.56 Å². The summed E-state index contributed by atoms with van der Waals surface area (Å²) in [5.41, 5.74) is 13.4. The molecule has 0 radical (unpaired) electrons. The van der Waals surface area contributed by atoms with Crippen LogP contribution in [-0.2, 0) is 13.1 Å². The van der Waals surface area contributed by atoms with Gasteiger partial charge >= 0.3 is 0 Å². The average molecular weight is 686 g/mol. The fraction of sp³-hybridized carbons (Fsp3) is 0.171. The maximum absolute atomic E-state index is 13.1. The topological polar surface area (TPSA) is 155 Å². The smallest absolute Gasteiger partial charge is 0.260 e. The monoisotopic (exact) mass is 684 g/mol. The summed E-state index contributed by atoms with van der Waals surface area (Å²) >= 11 is 12.3. The van der Waals surface area contributed by atoms with Crippen molar-refractivity contribution >= 4 is 62.1 Å². The second-order valence-electron chi connectivity index (χ2n) is 11.1. The molecule has 0 aliphatic heterocycles. The number of allylic oxidation sites excluding steroid dienone is 2. The van der Waals surface area contributed by atoms with Crippen LogP contribution >= 0.6 is 23.2 Å². The van der Waals surface area contributed by atoms with E-state index in [4.69, 9.17) is 34.7 Å². The molecule has 0 aliphatic rings. The van der Waals surface area contributed by atoms with Crippen molar-refractivity contribution in [1.29, 1.82) is 0 Å². The lowest BCUT2D eigenvalue weighted by molar-refractivity contribution is 0.0940. The summed E-state index contributed by atoms with van der Waals surface area (Å²) in [5.74, 6) is -0.357. The summed E-state index contributed by atoms with van der Waals surface area (Å²) in [6, 6.07) is 15.4. The first-order chi connectivity index (χ1) is 23.0. The summed E-state index contributed by atoms with van der Waals surface area (Å²) in [6.45, 7) is 11.7. The highest BCUT2D eigenvalue weighted by atomic mass is 35.5. The van der Waals surface area contributed by atoms with Crippen LogP contribution in [0.15, 0.2) is 102 Å². The van der Waals surface area contributed by atoms with Crippen molar-refractivity contribution in [2.75, 3.05) is 5.73 Å². The number of carbonyl (C=O) groups is 1. The van der Waals surface area contributed by atoms with Gasteiger partial charge in [-0.05, 0) is 55.0 Å². The molecule has 0 unspecified atom stereocenters. The minimum atomic E-state index is -0.508. The standard InChI is InChI=1S/C21H19ClN6O2.C14H15ClN2O/c1-3-9-27-15(11-13-6-4-7-14(22)16(13)21(27)30)12(2)25-20(29)17-18(23)26-28-10-5-8-24-19(17)28;1-3-7-17-12(9(2)16)8-10-5-4-6-11(15)13(10)14(17)18/h3-8,10-12H,1,9H2,2H3,(H2,23,26)(H,25,29);3-6,8-9H,1,7,16H2,2H3/t12-;9-/m00/s1. The number of nitrogens with one attached hydrogen (secondary N) is 1. The van der Waals surface area contributed by atoms with Crippen LogP contribution in [0.3, 0.4) is 0 Å². The number of amides is 1. The third-order valence-corrected chi connectivity index (χ3v) is 8.40. The Morgan fingerprint density at radius 1 is 0.917 bits per heavy atom. The Morgan fingerprint density at radius 3 is 2.00 bits per heavy atom. The summed E-state index contributed by atoms with van der Waals surface area (Å²) < 4.78 is 4.61. The highest BCUT2D eigenvalue weighted by Gasteiger charge is 2.23. The van der Waals surface area contributed by atoms with E-state index < -0.39 is 11.9 Å². The number of nitrogens with zero attached hydrogens (tertiary/aromatic N) is 5. The SMILES string of the molecule is C=CCn1c([C@H](C)N)cc2cccc(Cl)c2c1=O.C=CCn1c([C@H](C)NC(=O)c2c(N)nn3cccnc23)cc2cccc(Cl)c2c1=O. The van der Waals surface area contributed by atoms with E-state index >= 15 is 0 Å². The molecule has 1 amide bonds. The highest BCUT2D eigenvalue weighted by molar-refractivity contribution is 6.35. The molecular weight excluding hydrogens is 651 g/mol. The van der Waals surface area contributed by atoms with E-state index in [2.05, 4.69) is 28.6 Å². The average Bonchev–Trinajstić information content (AvgIpc) is 3.39. The van der Waals surface area contributed by atoms with E-state index in [1.807, 2.05) is 37.3 Å². The van der Waals surface area contributed by atoms with Crippen LogP contribution in [0.2, 0.25) is 10.0 Å². The van der Waals surface area contributed by atoms with Crippen LogP contribution in [-0.4, -0.2) is 29.6 Å². The summed E-state index contributed by atoms with van der Waals surface area (Å²) in [4.78, 5) is 42.7. The predicted octanol–water partition coefficient (Wildman–Crippen LogP) is 5.82. The first-order valence-corrected chi connectivity index (χ1v) is 15.7. The number of hydrogen-bond donors (Lipinski definition) is 3. The van der Waals surface area contributed by atoms with Gasteiger partial charge in [-0.3, -0.25) is 14.4 Å². The first kappa shape index (κ1) is 34.1. The minimum Gasteiger partial charge on any atom is -0.381 e. The van der Waals surface area contributed by atoms with Gasteiger partial charge in [-0.15, -0.1) is 18.3 Å². The van der Waals surface area contributed by atoms with Crippen molar-refractivity contribution in [2.45, 2.75) is 39.0 Å². The van der Waals surface area contributed by atoms with Gasteiger partial charge in [-0.25, -0.2) is 9.50 Å². The van der Waals surface area contributed by atoms with Crippen LogP contribution in [0.5, 0.6) is 0 Å². The normalized spacial score (nSPS) is 12.4. The lowest BCUT2D eigenvalue weighted by Gasteiger charge is -2.20. The molecule has 0 bridgehead atoms. The van der Waals surface area contributed by atoms with E-state index in [9.17, 15) is 14.4 Å². The molecule has 0 fully saturated rings. The molecule has 11 nitrogen and oxygen atoms in total. The Morgan fingerprint density at radius 2 is 1.46 bits per heavy atom. The quantitative estimate of drug-likeness (QED) is 0.171. The van der Waals surface area contributed by atoms with Gasteiger partial charge in [0, 0.05) is 42.9 Å². The molecule has 2 aromatic carbocycles. The molecular formula is C35H34Cl2N8O3. The lowest BCUT2D eigenvalue weighted by atomic mass is 10.1. The fourth-order valence-corrected chi connectivity index (χ4v) is 6.11. The largest absolute Gasteiger partial charge is 0.381 e. The third kappa shape index (κ3) is 6.48. The predicted molar refractivity (Wildman–Crippen MR) is 193 cm³/mol. The van der Waals surface area contributed by atoms with Gasteiger partial charge < -0.3 is 25.9 Å². The molecule has 6 rings (SSSR count). The van der Waals surface area contributed by atoms with E-state index in [0.29, 0.717) is 44.1 Å². The maximum Gasteiger partial charge on any atom is 0.260 e. The van der Waals surface area contributed by atoms with Crippen molar-refractivity contribution in [3.8, 4) is 0 Å². The van der Waals surface area contributed by atoms with Crippen molar-refractivity contribution in [2.24, 2.45) is 5.73 Å².